The Morgan fingerprint density at radius 2 is 2.04 bits per heavy atom. The fourth-order valence-electron chi connectivity index (χ4n) is 2.66. The first-order chi connectivity index (χ1) is 11.7. The van der Waals surface area contributed by atoms with E-state index >= 15 is 0 Å². The van der Waals surface area contributed by atoms with Gasteiger partial charge >= 0.3 is 12.2 Å². The zero-order valence-electron chi connectivity index (χ0n) is 14.3. The minimum absolute atomic E-state index is 0.138. The molecule has 2 amide bonds. The molecule has 0 bridgehead atoms. The summed E-state index contributed by atoms with van der Waals surface area (Å²) in [7, 11) is 0. The molecule has 5 nitrogen and oxygen atoms in total. The second kappa shape index (κ2) is 8.53. The van der Waals surface area contributed by atoms with E-state index in [0.717, 1.165) is 5.56 Å². The van der Waals surface area contributed by atoms with Gasteiger partial charge in [0.05, 0.1) is 25.3 Å². The van der Waals surface area contributed by atoms with Gasteiger partial charge in [-0.25, -0.2) is 4.79 Å². The molecule has 8 heteroatoms. The molecule has 1 saturated heterocycles. The molecule has 0 aromatic heterocycles. The van der Waals surface area contributed by atoms with Crippen LogP contribution in [0.4, 0.5) is 18.0 Å². The molecule has 2 rings (SSSR count). The molecule has 1 fully saturated rings. The third-order valence-electron chi connectivity index (χ3n) is 3.72. The summed E-state index contributed by atoms with van der Waals surface area (Å²) in [6, 6.07) is 8.73. The second-order valence-corrected chi connectivity index (χ2v) is 6.23. The maximum atomic E-state index is 12.4. The van der Waals surface area contributed by atoms with Gasteiger partial charge in [-0.05, 0) is 19.4 Å². The number of morpholine rings is 1. The van der Waals surface area contributed by atoms with Crippen molar-refractivity contribution < 1.29 is 27.4 Å². The Balaban J connectivity index is 1.85. The number of carbonyl (C=O) groups excluding carboxylic acids is 1. The molecule has 0 unspecified atom stereocenters. The quantitative estimate of drug-likeness (QED) is 0.878. The fraction of sp³-hybridized carbons (Fsp3) is 0.588. The average molecular weight is 360 g/mol. The van der Waals surface area contributed by atoms with Crippen molar-refractivity contribution in [2.45, 2.75) is 38.3 Å². The summed E-state index contributed by atoms with van der Waals surface area (Å²) in [5, 5.41) is 2.67. The smallest absolute Gasteiger partial charge is 0.370 e. The fourth-order valence-corrected chi connectivity index (χ4v) is 2.66. The number of nitrogens with one attached hydrogen (secondary N) is 1. The molecule has 0 saturated carbocycles. The van der Waals surface area contributed by atoms with Gasteiger partial charge in [0.15, 0.2) is 0 Å². The Kier molecular flexibility index (Phi) is 6.66. The van der Waals surface area contributed by atoms with Crippen LogP contribution in [0.2, 0.25) is 0 Å². The molecule has 0 radical (unpaired) electrons. The monoisotopic (exact) mass is 360 g/mol. The van der Waals surface area contributed by atoms with Gasteiger partial charge in [-0.15, -0.1) is 0 Å². The van der Waals surface area contributed by atoms with E-state index in [4.69, 9.17) is 4.74 Å². The number of alkyl halides is 3. The highest BCUT2D eigenvalue weighted by molar-refractivity contribution is 5.74. The number of amides is 2. The number of hydrogen-bond acceptors (Lipinski definition) is 3. The van der Waals surface area contributed by atoms with Crippen molar-refractivity contribution in [2.24, 2.45) is 0 Å². The van der Waals surface area contributed by atoms with Crippen LogP contribution >= 0.6 is 0 Å². The predicted octanol–water partition coefficient (Wildman–Crippen LogP) is 3.13. The molecule has 1 heterocycles. The summed E-state index contributed by atoms with van der Waals surface area (Å²) in [6.07, 6.45) is -4.74. The van der Waals surface area contributed by atoms with E-state index in [0.29, 0.717) is 13.1 Å². The third kappa shape index (κ3) is 6.55. The van der Waals surface area contributed by atoms with Crippen molar-refractivity contribution in [3.05, 3.63) is 35.9 Å². The Labute approximate surface area is 145 Å². The molecule has 1 N–H and O–H groups in total. The summed E-state index contributed by atoms with van der Waals surface area (Å²) in [6.45, 7) is 2.77. The van der Waals surface area contributed by atoms with Crippen molar-refractivity contribution in [1.82, 2.24) is 10.2 Å². The van der Waals surface area contributed by atoms with E-state index < -0.39 is 18.8 Å². The SMILES string of the molecule is C[C@H](COCC(F)(F)F)NC(=O)N1C[C@H](C)O[C@@H](c2ccccc2)C1. The van der Waals surface area contributed by atoms with Crippen molar-refractivity contribution in [1.29, 1.82) is 0 Å². The van der Waals surface area contributed by atoms with E-state index in [1.165, 1.54) is 0 Å². The summed E-state index contributed by atoms with van der Waals surface area (Å²) in [4.78, 5) is 14.0. The topological polar surface area (TPSA) is 50.8 Å². The van der Waals surface area contributed by atoms with Gasteiger partial charge in [0, 0.05) is 6.54 Å². The molecule has 25 heavy (non-hydrogen) atoms. The molecule has 3 atom stereocenters. The number of halogens is 3. The molecule has 0 aliphatic carbocycles. The second-order valence-electron chi connectivity index (χ2n) is 6.23. The van der Waals surface area contributed by atoms with Crippen LogP contribution in [0.1, 0.15) is 25.5 Å². The lowest BCUT2D eigenvalue weighted by Gasteiger charge is -2.37. The lowest BCUT2D eigenvalue weighted by atomic mass is 10.1. The first kappa shape index (κ1) is 19.5. The first-order valence-electron chi connectivity index (χ1n) is 8.15. The lowest BCUT2D eigenvalue weighted by molar-refractivity contribution is -0.174. The van der Waals surface area contributed by atoms with Crippen LogP contribution in [0.5, 0.6) is 0 Å². The van der Waals surface area contributed by atoms with Crippen LogP contribution in [0.3, 0.4) is 0 Å². The zero-order chi connectivity index (χ0) is 18.4. The molecule has 1 aromatic rings. The minimum Gasteiger partial charge on any atom is -0.370 e. The van der Waals surface area contributed by atoms with E-state index in [2.05, 4.69) is 10.1 Å². The Bertz CT molecular complexity index is 554. The van der Waals surface area contributed by atoms with Crippen LogP contribution < -0.4 is 5.32 Å². The summed E-state index contributed by atoms with van der Waals surface area (Å²) in [5.41, 5.74) is 0.980. The van der Waals surface area contributed by atoms with Crippen LogP contribution in [-0.4, -0.2) is 55.6 Å². The van der Waals surface area contributed by atoms with Gasteiger partial charge in [0.1, 0.15) is 12.7 Å². The summed E-state index contributed by atoms with van der Waals surface area (Å²) in [5.74, 6) is 0. The van der Waals surface area contributed by atoms with Crippen molar-refractivity contribution in [3.8, 4) is 0 Å². The highest BCUT2D eigenvalue weighted by Gasteiger charge is 2.30. The Morgan fingerprint density at radius 1 is 1.36 bits per heavy atom. The van der Waals surface area contributed by atoms with Crippen LogP contribution in [0.15, 0.2) is 30.3 Å². The summed E-state index contributed by atoms with van der Waals surface area (Å²) < 4.78 is 46.7. The molecule has 1 aromatic carbocycles. The van der Waals surface area contributed by atoms with E-state index in [9.17, 15) is 18.0 Å². The maximum absolute atomic E-state index is 12.4. The van der Waals surface area contributed by atoms with E-state index in [1.807, 2.05) is 37.3 Å². The van der Waals surface area contributed by atoms with Crippen LogP contribution in [-0.2, 0) is 9.47 Å². The normalized spacial score (nSPS) is 22.5. The first-order valence-corrected chi connectivity index (χ1v) is 8.15. The standard InChI is InChI=1S/C17H23F3N2O3/c1-12(10-24-11-17(18,19)20)21-16(23)22-8-13(2)25-15(9-22)14-6-4-3-5-7-14/h3-7,12-13,15H,8-11H2,1-2H3,(H,21,23)/t12-,13+,15-/m1/s1. The lowest BCUT2D eigenvalue weighted by Crippen LogP contribution is -2.52. The van der Waals surface area contributed by atoms with Gasteiger partial charge in [0.25, 0.3) is 0 Å². The highest BCUT2D eigenvalue weighted by atomic mass is 19.4. The van der Waals surface area contributed by atoms with Gasteiger partial charge in [-0.3, -0.25) is 0 Å². The number of benzene rings is 1. The largest absolute Gasteiger partial charge is 0.411 e. The van der Waals surface area contributed by atoms with Crippen molar-refractivity contribution in [3.63, 3.8) is 0 Å². The maximum Gasteiger partial charge on any atom is 0.411 e. The molecule has 0 spiro atoms. The van der Waals surface area contributed by atoms with Crippen molar-refractivity contribution >= 4 is 6.03 Å². The number of urea groups is 1. The van der Waals surface area contributed by atoms with E-state index in [-0.39, 0.29) is 24.8 Å². The van der Waals surface area contributed by atoms with Crippen molar-refractivity contribution in [2.75, 3.05) is 26.3 Å². The summed E-state index contributed by atoms with van der Waals surface area (Å²) >= 11 is 0. The van der Waals surface area contributed by atoms with E-state index in [1.54, 1.807) is 11.8 Å². The molecule has 1 aliphatic heterocycles. The van der Waals surface area contributed by atoms with Gasteiger partial charge in [0.2, 0.25) is 0 Å². The van der Waals surface area contributed by atoms with Crippen LogP contribution in [0.25, 0.3) is 0 Å². The average Bonchev–Trinajstić information content (AvgIpc) is 2.53. The molecular weight excluding hydrogens is 337 g/mol. The molecule has 1 aliphatic rings. The van der Waals surface area contributed by atoms with Gasteiger partial charge < -0.3 is 19.7 Å². The number of hydrogen-bond donors (Lipinski definition) is 1. The third-order valence-corrected chi connectivity index (χ3v) is 3.72. The number of carbonyl (C=O) groups is 1. The zero-order valence-corrected chi connectivity index (χ0v) is 14.3. The van der Waals surface area contributed by atoms with Gasteiger partial charge in [-0.1, -0.05) is 30.3 Å². The number of nitrogens with zero attached hydrogens (tertiary/aromatic N) is 1. The highest BCUT2D eigenvalue weighted by Crippen LogP contribution is 2.25. The molecular formula is C17H23F3N2O3. The Hall–Kier alpha value is -1.80. The predicted molar refractivity (Wildman–Crippen MR) is 86.2 cm³/mol. The van der Waals surface area contributed by atoms with Gasteiger partial charge in [-0.2, -0.15) is 13.2 Å². The minimum atomic E-state index is -4.37. The van der Waals surface area contributed by atoms with Crippen LogP contribution in [0, 0.1) is 0 Å². The molecule has 140 valence electrons. The Morgan fingerprint density at radius 3 is 2.68 bits per heavy atom. The number of rotatable bonds is 5. The number of ether oxygens (including phenoxy) is 2.